The molecule has 13 heteroatoms. The van der Waals surface area contributed by atoms with E-state index >= 15 is 0 Å². The fourth-order valence-electron chi connectivity index (χ4n) is 5.13. The molecule has 2 saturated heterocycles. The van der Waals surface area contributed by atoms with Crippen LogP contribution in [-0.2, 0) is 38.5 Å². The fourth-order valence-corrected chi connectivity index (χ4v) is 8.91. The predicted molar refractivity (Wildman–Crippen MR) is 164 cm³/mol. The first kappa shape index (κ1) is 32.9. The van der Waals surface area contributed by atoms with Crippen LogP contribution in [0, 0.1) is 0 Å². The van der Waals surface area contributed by atoms with Crippen LogP contribution in [0.2, 0.25) is 0 Å². The molecule has 2 fully saturated rings. The fraction of sp³-hybridized carbons (Fsp3) is 0.567. The number of nitrogens with one attached hydrogen (secondary N) is 3. The average Bonchev–Trinajstić information content (AvgIpc) is 3.44. The monoisotopic (exact) mass is 635 g/mol. The first-order valence-electron chi connectivity index (χ1n) is 14.6. The lowest BCUT2D eigenvalue weighted by molar-refractivity contribution is -0.200. The number of hydroxylamine groups is 1. The van der Waals surface area contributed by atoms with Crippen LogP contribution in [0.25, 0.3) is 10.4 Å². The van der Waals surface area contributed by atoms with Gasteiger partial charge in [-0.05, 0) is 83.2 Å². The van der Waals surface area contributed by atoms with Gasteiger partial charge in [-0.25, -0.2) is 23.5 Å². The summed E-state index contributed by atoms with van der Waals surface area (Å²) < 4.78 is 36.5. The Hall–Kier alpha value is -3.00. The van der Waals surface area contributed by atoms with Crippen molar-refractivity contribution in [3.8, 4) is 10.4 Å². The number of thiophene rings is 1. The summed E-state index contributed by atoms with van der Waals surface area (Å²) in [6, 6.07) is 9.91. The molecular formula is C30H41N3O8S2. The normalized spacial score (nSPS) is 22.7. The highest BCUT2D eigenvalue weighted by molar-refractivity contribution is 7.92. The zero-order valence-corrected chi connectivity index (χ0v) is 26.7. The van der Waals surface area contributed by atoms with E-state index in [4.69, 9.17) is 14.3 Å². The molecule has 3 N–H and O–H groups in total. The summed E-state index contributed by atoms with van der Waals surface area (Å²) in [5, 5.41) is 5.32. The number of hydrogen-bond donors (Lipinski definition) is 3. The number of sulfone groups is 1. The second-order valence-electron chi connectivity index (χ2n) is 12.0. The van der Waals surface area contributed by atoms with Gasteiger partial charge in [0.15, 0.2) is 16.1 Å². The molecule has 2 aliphatic rings. The smallest absolute Gasteiger partial charge is 0.408 e. The van der Waals surface area contributed by atoms with Crippen LogP contribution in [0.15, 0.2) is 36.4 Å². The molecule has 4 rings (SSSR count). The molecule has 0 radical (unpaired) electrons. The van der Waals surface area contributed by atoms with Gasteiger partial charge in [0.2, 0.25) is 11.8 Å². The van der Waals surface area contributed by atoms with Gasteiger partial charge in [0, 0.05) is 28.5 Å². The molecule has 2 aromatic rings. The summed E-state index contributed by atoms with van der Waals surface area (Å²) in [6.07, 6.45) is 2.64. The molecule has 2 aliphatic heterocycles. The molecule has 1 unspecified atom stereocenters. The van der Waals surface area contributed by atoms with Gasteiger partial charge in [-0.3, -0.25) is 9.59 Å². The Bertz CT molecular complexity index is 1410. The third-order valence-corrected chi connectivity index (χ3v) is 11.4. The number of carbonyl (C=O) groups excluding carboxylic acids is 3. The molecule has 0 saturated carbocycles. The van der Waals surface area contributed by atoms with Crippen molar-refractivity contribution < 1.29 is 37.1 Å². The highest BCUT2D eigenvalue weighted by Gasteiger charge is 2.49. The van der Waals surface area contributed by atoms with E-state index in [1.54, 1.807) is 52.0 Å². The minimum Gasteiger partial charge on any atom is -0.444 e. The van der Waals surface area contributed by atoms with E-state index < -0.39 is 50.4 Å². The second-order valence-corrected chi connectivity index (χ2v) is 15.5. The molecule has 43 heavy (non-hydrogen) atoms. The maximum atomic E-state index is 13.6. The molecule has 0 aliphatic carbocycles. The molecule has 3 heterocycles. The van der Waals surface area contributed by atoms with Crippen molar-refractivity contribution in [2.45, 2.75) is 95.3 Å². The summed E-state index contributed by atoms with van der Waals surface area (Å²) in [4.78, 5) is 44.6. The minimum atomic E-state index is -3.64. The third kappa shape index (κ3) is 8.55. The summed E-state index contributed by atoms with van der Waals surface area (Å²) >= 11 is 1.32. The maximum absolute atomic E-state index is 13.6. The molecule has 1 aromatic heterocycles. The molecule has 0 bridgehead atoms. The van der Waals surface area contributed by atoms with Gasteiger partial charge in [0.05, 0.1) is 12.2 Å². The van der Waals surface area contributed by atoms with E-state index in [-0.39, 0.29) is 12.2 Å². The maximum Gasteiger partial charge on any atom is 0.408 e. The number of rotatable bonds is 9. The average molecular weight is 636 g/mol. The zero-order chi connectivity index (χ0) is 31.3. The first-order chi connectivity index (χ1) is 20.3. The highest BCUT2D eigenvalue weighted by atomic mass is 32.2. The van der Waals surface area contributed by atoms with E-state index in [9.17, 15) is 22.8 Å². The Morgan fingerprint density at radius 3 is 2.60 bits per heavy atom. The van der Waals surface area contributed by atoms with Crippen LogP contribution in [0.5, 0.6) is 0 Å². The third-order valence-electron chi connectivity index (χ3n) is 7.32. The van der Waals surface area contributed by atoms with Gasteiger partial charge in [-0.15, -0.1) is 11.3 Å². The number of benzene rings is 1. The number of carbonyl (C=O) groups is 3. The number of ether oxygens (including phenoxy) is 2. The van der Waals surface area contributed by atoms with E-state index in [2.05, 4.69) is 16.1 Å². The SMILES string of the molecule is C[C@@H](NC(=O)OC(C)(C)C)C(=O)Nc1cccc(-c2ccc([C@@]3(CC(=O)NOC4CCCCO4)CCCCS3(=O)=O)s2)c1. The van der Waals surface area contributed by atoms with Crippen molar-refractivity contribution in [1.29, 1.82) is 0 Å². The number of anilines is 1. The topological polar surface area (TPSA) is 149 Å². The Morgan fingerprint density at radius 2 is 1.91 bits per heavy atom. The van der Waals surface area contributed by atoms with Gasteiger partial charge in [0.1, 0.15) is 16.4 Å². The summed E-state index contributed by atoms with van der Waals surface area (Å²) in [5.41, 5.74) is 3.02. The quantitative estimate of drug-likeness (QED) is 0.325. The van der Waals surface area contributed by atoms with E-state index in [1.807, 2.05) is 12.1 Å². The van der Waals surface area contributed by atoms with Crippen molar-refractivity contribution in [3.63, 3.8) is 0 Å². The first-order valence-corrected chi connectivity index (χ1v) is 17.0. The molecule has 236 valence electrons. The molecule has 1 aromatic carbocycles. The molecular weight excluding hydrogens is 594 g/mol. The van der Waals surface area contributed by atoms with Crippen LogP contribution < -0.4 is 16.1 Å². The second kappa shape index (κ2) is 13.7. The Kier molecular flexibility index (Phi) is 10.5. The van der Waals surface area contributed by atoms with Gasteiger partial charge >= 0.3 is 6.09 Å². The standard InChI is InChI=1S/C30H41N3O8S2/c1-20(31-28(36)40-29(2,3)4)27(35)32-22-11-9-10-21(18-22)23-13-14-24(42-23)30(15-6-8-17-43(30,37)38)19-25(34)33-41-26-12-5-7-16-39-26/h9-11,13-14,18,20,26H,5-8,12,15-17,19H2,1-4H3,(H,31,36)(H,32,35)(H,33,34)/t20-,26?,30+/m1/s1. The van der Waals surface area contributed by atoms with Crippen molar-refractivity contribution in [3.05, 3.63) is 41.3 Å². The van der Waals surface area contributed by atoms with E-state index in [0.717, 1.165) is 23.3 Å². The van der Waals surface area contributed by atoms with Crippen LogP contribution in [-0.4, -0.2) is 56.6 Å². The Balaban J connectivity index is 1.48. The van der Waals surface area contributed by atoms with Crippen LogP contribution >= 0.6 is 11.3 Å². The van der Waals surface area contributed by atoms with Gasteiger partial charge in [-0.1, -0.05) is 18.6 Å². The van der Waals surface area contributed by atoms with Crippen molar-refractivity contribution in [1.82, 2.24) is 10.8 Å². The van der Waals surface area contributed by atoms with Crippen molar-refractivity contribution in [2.24, 2.45) is 0 Å². The van der Waals surface area contributed by atoms with E-state index in [0.29, 0.717) is 42.9 Å². The van der Waals surface area contributed by atoms with Gasteiger partial charge < -0.3 is 20.1 Å². The largest absolute Gasteiger partial charge is 0.444 e. The Labute approximate surface area is 256 Å². The number of hydrogen-bond acceptors (Lipinski definition) is 9. The lowest BCUT2D eigenvalue weighted by Crippen LogP contribution is -2.45. The summed E-state index contributed by atoms with van der Waals surface area (Å²) in [7, 11) is -3.64. The molecule has 3 atom stereocenters. The van der Waals surface area contributed by atoms with Crippen LogP contribution in [0.1, 0.15) is 77.5 Å². The predicted octanol–water partition coefficient (Wildman–Crippen LogP) is 5.03. The number of alkyl carbamates (subject to hydrolysis) is 1. The summed E-state index contributed by atoms with van der Waals surface area (Å²) in [6.45, 7) is 7.33. The van der Waals surface area contributed by atoms with Crippen LogP contribution in [0.3, 0.4) is 0 Å². The van der Waals surface area contributed by atoms with Gasteiger partial charge in [0.25, 0.3) is 0 Å². The summed E-state index contributed by atoms with van der Waals surface area (Å²) in [5.74, 6) is -0.917. The lowest BCUT2D eigenvalue weighted by atomic mass is 9.94. The lowest BCUT2D eigenvalue weighted by Gasteiger charge is -2.35. The minimum absolute atomic E-state index is 0.0111. The zero-order valence-electron chi connectivity index (χ0n) is 25.1. The highest BCUT2D eigenvalue weighted by Crippen LogP contribution is 2.47. The molecule has 11 nitrogen and oxygen atoms in total. The van der Waals surface area contributed by atoms with Gasteiger partial charge in [-0.2, -0.15) is 0 Å². The molecule has 0 spiro atoms. The Morgan fingerprint density at radius 1 is 1.12 bits per heavy atom. The number of amides is 3. The molecule has 3 amide bonds. The van der Waals surface area contributed by atoms with Crippen molar-refractivity contribution in [2.75, 3.05) is 17.7 Å². The van der Waals surface area contributed by atoms with Crippen molar-refractivity contribution >= 4 is 44.8 Å². The van der Waals surface area contributed by atoms with Crippen LogP contribution in [0.4, 0.5) is 10.5 Å². The van der Waals surface area contributed by atoms with E-state index in [1.165, 1.54) is 11.3 Å².